The van der Waals surface area contributed by atoms with Gasteiger partial charge in [0.2, 0.25) is 0 Å². The van der Waals surface area contributed by atoms with Crippen molar-refractivity contribution in [2.45, 2.75) is 4.90 Å². The quantitative estimate of drug-likeness (QED) is 0.621. The number of halogens is 4. The molecule has 2 aromatic rings. The van der Waals surface area contributed by atoms with Gasteiger partial charge in [0.15, 0.2) is 0 Å². The first kappa shape index (κ1) is 16.9. The zero-order valence-electron chi connectivity index (χ0n) is 10.2. The molecular weight excluding hydrogens is 467 g/mol. The van der Waals surface area contributed by atoms with Gasteiger partial charge in [-0.2, -0.15) is 0 Å². The standard InChI is InChI=1S/C12H8Br2Cl2N2O2S/c13-6-3-9(15)12(10(16)4-6)18-21(19,20)7-1-2-11(17)8(14)5-7/h1-5,18H,17H2. The lowest BCUT2D eigenvalue weighted by molar-refractivity contribution is 0.601. The van der Waals surface area contributed by atoms with Crippen LogP contribution in [-0.2, 0) is 10.0 Å². The van der Waals surface area contributed by atoms with Crippen LogP contribution in [0.25, 0.3) is 0 Å². The SMILES string of the molecule is Nc1ccc(S(=O)(=O)Nc2c(Cl)cc(Br)cc2Cl)cc1Br. The number of hydrogen-bond acceptors (Lipinski definition) is 3. The number of nitrogens with one attached hydrogen (secondary N) is 1. The Bertz CT molecular complexity index is 790. The second-order valence-electron chi connectivity index (χ2n) is 4.03. The summed E-state index contributed by atoms with van der Waals surface area (Å²) < 4.78 is 28.2. The minimum absolute atomic E-state index is 0.0404. The molecule has 0 unspecified atom stereocenters. The lowest BCUT2D eigenvalue weighted by Gasteiger charge is -2.12. The molecule has 0 aliphatic heterocycles. The Morgan fingerprint density at radius 2 is 1.62 bits per heavy atom. The smallest absolute Gasteiger partial charge is 0.262 e. The van der Waals surface area contributed by atoms with Crippen LogP contribution in [-0.4, -0.2) is 8.42 Å². The lowest BCUT2D eigenvalue weighted by atomic mass is 10.3. The van der Waals surface area contributed by atoms with E-state index in [1.54, 1.807) is 12.1 Å². The van der Waals surface area contributed by atoms with Crippen molar-refractivity contribution < 1.29 is 8.42 Å². The Kier molecular flexibility index (Phi) is 5.10. The third-order valence-corrected chi connectivity index (χ3v) is 5.61. The highest BCUT2D eigenvalue weighted by Gasteiger charge is 2.19. The van der Waals surface area contributed by atoms with E-state index in [2.05, 4.69) is 36.6 Å². The van der Waals surface area contributed by atoms with Gasteiger partial charge in [0.1, 0.15) is 0 Å². The highest BCUT2D eigenvalue weighted by Crippen LogP contribution is 2.35. The first-order valence-electron chi connectivity index (χ1n) is 5.43. The summed E-state index contributed by atoms with van der Waals surface area (Å²) in [5, 5.41) is 0.375. The molecule has 2 aromatic carbocycles. The van der Waals surface area contributed by atoms with Gasteiger partial charge >= 0.3 is 0 Å². The van der Waals surface area contributed by atoms with Gasteiger partial charge in [0.25, 0.3) is 10.0 Å². The van der Waals surface area contributed by atoms with E-state index in [0.29, 0.717) is 14.6 Å². The molecule has 0 radical (unpaired) electrons. The summed E-state index contributed by atoms with van der Waals surface area (Å²) in [5.41, 5.74) is 6.20. The Morgan fingerprint density at radius 1 is 1.05 bits per heavy atom. The fourth-order valence-electron chi connectivity index (χ4n) is 1.51. The summed E-state index contributed by atoms with van der Waals surface area (Å²) in [5.74, 6) is 0. The number of hydrogen-bond donors (Lipinski definition) is 2. The number of sulfonamides is 1. The molecule has 0 spiro atoms. The predicted octanol–water partition coefficient (Wildman–Crippen LogP) is 4.90. The minimum atomic E-state index is -3.83. The molecule has 0 saturated carbocycles. The van der Waals surface area contributed by atoms with E-state index in [1.807, 2.05) is 0 Å². The van der Waals surface area contributed by atoms with Crippen LogP contribution in [0, 0.1) is 0 Å². The van der Waals surface area contributed by atoms with Crippen molar-refractivity contribution in [1.82, 2.24) is 0 Å². The van der Waals surface area contributed by atoms with Crippen LogP contribution in [0.4, 0.5) is 11.4 Å². The van der Waals surface area contributed by atoms with E-state index < -0.39 is 10.0 Å². The van der Waals surface area contributed by atoms with Crippen molar-refractivity contribution in [2.75, 3.05) is 10.5 Å². The lowest BCUT2D eigenvalue weighted by Crippen LogP contribution is -2.14. The third-order valence-electron chi connectivity index (χ3n) is 2.53. The molecule has 3 N–H and O–H groups in total. The molecule has 4 nitrogen and oxygen atoms in total. The molecule has 0 aliphatic carbocycles. The van der Waals surface area contributed by atoms with Crippen molar-refractivity contribution in [3.63, 3.8) is 0 Å². The molecular formula is C12H8Br2Cl2N2O2S. The Morgan fingerprint density at radius 3 is 2.14 bits per heavy atom. The van der Waals surface area contributed by atoms with E-state index in [4.69, 9.17) is 28.9 Å². The largest absolute Gasteiger partial charge is 0.398 e. The van der Waals surface area contributed by atoms with Crippen LogP contribution in [0.2, 0.25) is 10.0 Å². The van der Waals surface area contributed by atoms with E-state index in [1.165, 1.54) is 18.2 Å². The number of nitrogens with two attached hydrogens (primary N) is 1. The molecule has 0 aliphatic rings. The van der Waals surface area contributed by atoms with Crippen molar-refractivity contribution in [2.24, 2.45) is 0 Å². The number of nitrogen functional groups attached to an aromatic ring is 1. The minimum Gasteiger partial charge on any atom is -0.398 e. The molecule has 0 fully saturated rings. The van der Waals surface area contributed by atoms with Crippen LogP contribution >= 0.6 is 55.1 Å². The van der Waals surface area contributed by atoms with Crippen LogP contribution in [0.15, 0.2) is 44.2 Å². The van der Waals surface area contributed by atoms with Crippen molar-refractivity contribution in [1.29, 1.82) is 0 Å². The average molecular weight is 475 g/mol. The molecule has 0 atom stereocenters. The van der Waals surface area contributed by atoms with Crippen LogP contribution in [0.5, 0.6) is 0 Å². The summed E-state index contributed by atoms with van der Waals surface area (Å²) in [7, 11) is -3.83. The summed E-state index contributed by atoms with van der Waals surface area (Å²) in [6.07, 6.45) is 0. The molecule has 2 rings (SSSR count). The third kappa shape index (κ3) is 3.84. The molecule has 9 heteroatoms. The first-order chi connectivity index (χ1) is 9.70. The van der Waals surface area contributed by atoms with Gasteiger partial charge in [-0.25, -0.2) is 8.42 Å². The van der Waals surface area contributed by atoms with Gasteiger partial charge in [-0.3, -0.25) is 4.72 Å². The second kappa shape index (κ2) is 6.34. The maximum Gasteiger partial charge on any atom is 0.262 e. The second-order valence-corrected chi connectivity index (χ2v) is 8.30. The van der Waals surface area contributed by atoms with Crippen molar-refractivity contribution >= 4 is 76.5 Å². The van der Waals surface area contributed by atoms with Gasteiger partial charge in [-0.1, -0.05) is 39.1 Å². The fraction of sp³-hybridized carbons (Fsp3) is 0. The fourth-order valence-corrected chi connectivity index (χ4v) is 4.58. The highest BCUT2D eigenvalue weighted by atomic mass is 79.9. The molecule has 0 bridgehead atoms. The first-order valence-corrected chi connectivity index (χ1v) is 9.25. The van der Waals surface area contributed by atoms with Crippen LogP contribution in [0.1, 0.15) is 0 Å². The summed E-state index contributed by atoms with van der Waals surface area (Å²) in [4.78, 5) is 0.0404. The summed E-state index contributed by atoms with van der Waals surface area (Å²) in [6, 6.07) is 7.37. The normalized spacial score (nSPS) is 11.4. The Balaban J connectivity index is 2.44. The molecule has 112 valence electrons. The molecule has 0 saturated heterocycles. The number of anilines is 2. The van der Waals surface area contributed by atoms with Gasteiger partial charge in [-0.15, -0.1) is 0 Å². The van der Waals surface area contributed by atoms with E-state index in [0.717, 1.165) is 0 Å². The van der Waals surface area contributed by atoms with Gasteiger partial charge in [0, 0.05) is 14.6 Å². The number of rotatable bonds is 3. The van der Waals surface area contributed by atoms with Gasteiger partial charge < -0.3 is 5.73 Å². The maximum atomic E-state index is 12.4. The van der Waals surface area contributed by atoms with Crippen LogP contribution < -0.4 is 10.5 Å². The van der Waals surface area contributed by atoms with E-state index in [-0.39, 0.29) is 20.6 Å². The zero-order valence-corrected chi connectivity index (χ0v) is 15.7. The predicted molar refractivity (Wildman–Crippen MR) is 93.5 cm³/mol. The maximum absolute atomic E-state index is 12.4. The highest BCUT2D eigenvalue weighted by molar-refractivity contribution is 9.10. The molecule has 21 heavy (non-hydrogen) atoms. The van der Waals surface area contributed by atoms with Crippen molar-refractivity contribution in [3.05, 3.63) is 49.3 Å². The zero-order chi connectivity index (χ0) is 15.8. The van der Waals surface area contributed by atoms with Crippen molar-refractivity contribution in [3.8, 4) is 0 Å². The Hall–Kier alpha value is -0.470. The summed E-state index contributed by atoms with van der Waals surface area (Å²) in [6.45, 7) is 0. The monoisotopic (exact) mass is 472 g/mol. The average Bonchev–Trinajstić information content (AvgIpc) is 2.37. The molecule has 0 heterocycles. The number of benzene rings is 2. The van der Waals surface area contributed by atoms with Gasteiger partial charge in [-0.05, 0) is 46.3 Å². The van der Waals surface area contributed by atoms with E-state index in [9.17, 15) is 8.42 Å². The van der Waals surface area contributed by atoms with Crippen LogP contribution in [0.3, 0.4) is 0 Å². The molecule has 0 aromatic heterocycles. The topological polar surface area (TPSA) is 72.2 Å². The van der Waals surface area contributed by atoms with E-state index >= 15 is 0 Å². The van der Waals surface area contributed by atoms with Gasteiger partial charge in [0.05, 0.1) is 20.6 Å². The Labute approximate surface area is 148 Å². The molecule has 0 amide bonds. The summed E-state index contributed by atoms with van der Waals surface area (Å²) >= 11 is 18.4.